The van der Waals surface area contributed by atoms with Crippen LogP contribution in [0.15, 0.2) is 48.7 Å². The third-order valence-corrected chi connectivity index (χ3v) is 10.3. The van der Waals surface area contributed by atoms with Crippen LogP contribution < -0.4 is 15.4 Å². The third kappa shape index (κ3) is 10.0. The topological polar surface area (TPSA) is 184 Å². The normalized spacial score (nSPS) is 14.5. The molecule has 3 amide bonds. The van der Waals surface area contributed by atoms with Crippen molar-refractivity contribution in [2.75, 3.05) is 40.9 Å². The SMILES string of the molecule is CCC.CCCN(Cc1ncc(-c2ccc3c(c2)COc2c-3ccc3c2ccc2[nH]c(C4CCCN4C(=O)C(NC)C(C)C)nc23)[nH]1)C(=O)CNC(=O)OC.COC=O. The molecule has 0 radical (unpaired) electrons. The Hall–Kier alpha value is -5.96. The highest BCUT2D eigenvalue weighted by Gasteiger charge is 2.36. The molecule has 7 rings (SSSR count). The summed E-state index contributed by atoms with van der Waals surface area (Å²) in [6.45, 7) is 12.6. The van der Waals surface area contributed by atoms with E-state index in [1.165, 1.54) is 20.6 Å². The smallest absolute Gasteiger partial charge is 0.407 e. The summed E-state index contributed by atoms with van der Waals surface area (Å²) in [7, 11) is 4.42. The lowest BCUT2D eigenvalue weighted by atomic mass is 9.92. The van der Waals surface area contributed by atoms with Gasteiger partial charge in [0.1, 0.15) is 30.5 Å². The second kappa shape index (κ2) is 20.6. The Morgan fingerprint density at radius 2 is 1.78 bits per heavy atom. The molecule has 1 fully saturated rings. The average Bonchev–Trinajstić information content (AvgIpc) is 4.03. The highest BCUT2D eigenvalue weighted by atomic mass is 16.5. The number of likely N-dealkylation sites (N-methyl/N-ethyl adjacent to an activating group) is 1. The number of carbonyl (C=O) groups is 4. The van der Waals surface area contributed by atoms with Crippen LogP contribution in [0.1, 0.15) is 83.6 Å². The number of ether oxygens (including phenoxy) is 3. The Bertz CT molecular complexity index is 2230. The minimum Gasteiger partial charge on any atom is -0.488 e. The number of aromatic nitrogens is 4. The van der Waals surface area contributed by atoms with Gasteiger partial charge in [0.15, 0.2) is 0 Å². The van der Waals surface area contributed by atoms with E-state index in [-0.39, 0.29) is 36.4 Å². The van der Waals surface area contributed by atoms with Crippen LogP contribution in [0.4, 0.5) is 4.79 Å². The van der Waals surface area contributed by atoms with Crippen molar-refractivity contribution in [2.24, 2.45) is 5.92 Å². The Morgan fingerprint density at radius 1 is 1.05 bits per heavy atom. The summed E-state index contributed by atoms with van der Waals surface area (Å²) in [5.41, 5.74) is 6.81. The molecule has 2 atom stereocenters. The summed E-state index contributed by atoms with van der Waals surface area (Å²) in [6.07, 6.45) is 4.97. The van der Waals surface area contributed by atoms with Gasteiger partial charge in [0.2, 0.25) is 11.8 Å². The Labute approximate surface area is 345 Å². The van der Waals surface area contributed by atoms with Crippen LogP contribution in [-0.2, 0) is 37.0 Å². The Kier molecular flexibility index (Phi) is 15.4. The molecule has 2 unspecified atom stereocenters. The maximum Gasteiger partial charge on any atom is 0.407 e. The third-order valence-electron chi connectivity index (χ3n) is 10.3. The van der Waals surface area contributed by atoms with Gasteiger partial charge >= 0.3 is 6.09 Å². The van der Waals surface area contributed by atoms with Gasteiger partial charge in [-0.2, -0.15) is 0 Å². The average molecular weight is 811 g/mol. The lowest BCUT2D eigenvalue weighted by molar-refractivity contribution is -0.135. The van der Waals surface area contributed by atoms with Crippen LogP contribution >= 0.6 is 0 Å². The quantitative estimate of drug-likeness (QED) is 0.0970. The first-order valence-corrected chi connectivity index (χ1v) is 20.3. The number of alkyl carbamates (subject to hydrolysis) is 1. The lowest BCUT2D eigenvalue weighted by Crippen LogP contribution is -2.47. The van der Waals surface area contributed by atoms with Crippen LogP contribution in [0.2, 0.25) is 0 Å². The molecular weight excluding hydrogens is 753 g/mol. The van der Waals surface area contributed by atoms with Crippen molar-refractivity contribution >= 4 is 46.2 Å². The highest BCUT2D eigenvalue weighted by molar-refractivity contribution is 6.09. The van der Waals surface area contributed by atoms with Gasteiger partial charge in [0.25, 0.3) is 6.47 Å². The summed E-state index contributed by atoms with van der Waals surface area (Å²) in [5.74, 6) is 2.41. The largest absolute Gasteiger partial charge is 0.488 e. The molecule has 3 aromatic carbocycles. The van der Waals surface area contributed by atoms with Crippen molar-refractivity contribution in [1.82, 2.24) is 40.4 Å². The van der Waals surface area contributed by atoms with Gasteiger partial charge in [-0.15, -0.1) is 0 Å². The van der Waals surface area contributed by atoms with E-state index < -0.39 is 6.09 Å². The van der Waals surface area contributed by atoms with Gasteiger partial charge in [-0.25, -0.2) is 14.8 Å². The first-order chi connectivity index (χ1) is 28.5. The number of amides is 3. The van der Waals surface area contributed by atoms with E-state index in [1.54, 1.807) is 11.1 Å². The van der Waals surface area contributed by atoms with Gasteiger partial charge in [-0.3, -0.25) is 14.4 Å². The molecule has 5 aromatic rings. The number of carbonyl (C=O) groups excluding carboxylic acids is 4. The van der Waals surface area contributed by atoms with Gasteiger partial charge < -0.3 is 44.6 Å². The summed E-state index contributed by atoms with van der Waals surface area (Å²) in [4.78, 5) is 66.9. The summed E-state index contributed by atoms with van der Waals surface area (Å²) in [5, 5.41) is 7.66. The van der Waals surface area contributed by atoms with Gasteiger partial charge in [-0.1, -0.05) is 59.2 Å². The zero-order valence-corrected chi connectivity index (χ0v) is 35.4. The lowest BCUT2D eigenvalue weighted by Gasteiger charge is -2.29. The maximum atomic E-state index is 13.5. The molecule has 0 saturated carbocycles. The number of benzene rings is 3. The number of aromatic amines is 2. The van der Waals surface area contributed by atoms with E-state index in [0.717, 1.165) is 87.1 Å². The number of H-pyrrole nitrogens is 2. The molecule has 1 saturated heterocycles. The molecule has 2 aliphatic rings. The molecule has 15 heteroatoms. The minimum absolute atomic E-state index is 0.0847. The van der Waals surface area contributed by atoms with E-state index in [0.29, 0.717) is 32.0 Å². The first-order valence-electron chi connectivity index (χ1n) is 20.3. The van der Waals surface area contributed by atoms with Crippen molar-refractivity contribution in [3.8, 4) is 28.1 Å². The number of methoxy groups -OCH3 is 2. The van der Waals surface area contributed by atoms with E-state index in [1.807, 2.05) is 18.9 Å². The minimum atomic E-state index is -0.646. The molecule has 316 valence electrons. The van der Waals surface area contributed by atoms with Crippen LogP contribution in [0, 0.1) is 5.92 Å². The monoisotopic (exact) mass is 810 g/mol. The number of imidazole rings is 2. The van der Waals surface area contributed by atoms with Crippen LogP contribution in [-0.4, -0.2) is 101 Å². The van der Waals surface area contributed by atoms with Gasteiger partial charge in [-0.05, 0) is 73.2 Å². The number of nitrogens with one attached hydrogen (secondary N) is 4. The van der Waals surface area contributed by atoms with Crippen molar-refractivity contribution in [2.45, 2.75) is 85.5 Å². The number of nitrogens with zero attached hydrogens (tertiary/aromatic N) is 4. The molecule has 2 aromatic heterocycles. The van der Waals surface area contributed by atoms with E-state index >= 15 is 0 Å². The predicted octanol–water partition coefficient (Wildman–Crippen LogP) is 6.87. The van der Waals surface area contributed by atoms with Crippen molar-refractivity contribution in [3.63, 3.8) is 0 Å². The first kappa shape index (κ1) is 44.1. The fourth-order valence-corrected chi connectivity index (χ4v) is 7.59. The van der Waals surface area contributed by atoms with Crippen molar-refractivity contribution < 1.29 is 33.4 Å². The molecular formula is C44H58N8O7. The number of hydrogen-bond acceptors (Lipinski definition) is 10. The molecule has 0 bridgehead atoms. The van der Waals surface area contributed by atoms with Crippen molar-refractivity contribution in [3.05, 3.63) is 65.9 Å². The molecule has 15 nitrogen and oxygen atoms in total. The number of hydrogen-bond donors (Lipinski definition) is 4. The van der Waals surface area contributed by atoms with Crippen LogP contribution in [0.3, 0.4) is 0 Å². The Balaban J connectivity index is 0.000000879. The Morgan fingerprint density at radius 3 is 2.46 bits per heavy atom. The van der Waals surface area contributed by atoms with E-state index in [2.05, 4.69) is 105 Å². The summed E-state index contributed by atoms with van der Waals surface area (Å²) < 4.78 is 14.9. The standard InChI is InChI=1S/C39H46N8O5.C3H8.C2H4O2/c1-6-15-46(33(48)19-42-39(50)51-5)20-32-41-18-30(43-32)23-9-10-25-24(17-23)21-52-36-27(25)12-11-26-28(36)13-14-29-35(26)45-37(44-29)31-8-7-16-47(31)38(49)34(40-4)22(2)3;1-3-2;1-4-2-3/h9-14,17-18,22,31,34,40H,6-8,15-16,19-21H2,1-5H3,(H,41,43)(H,42,50)(H,44,45);3H2,1-2H3;2H,1H3. The summed E-state index contributed by atoms with van der Waals surface area (Å²) in [6, 6.07) is 14.4. The molecule has 0 spiro atoms. The zero-order valence-electron chi connectivity index (χ0n) is 35.4. The molecule has 4 N–H and O–H groups in total. The highest BCUT2D eigenvalue weighted by Crippen LogP contribution is 2.45. The molecule has 2 aliphatic heterocycles. The van der Waals surface area contributed by atoms with E-state index in [9.17, 15) is 14.4 Å². The second-order valence-electron chi connectivity index (χ2n) is 14.9. The van der Waals surface area contributed by atoms with Crippen molar-refractivity contribution in [1.29, 1.82) is 0 Å². The predicted molar refractivity (Wildman–Crippen MR) is 227 cm³/mol. The second-order valence-corrected chi connectivity index (χ2v) is 14.9. The van der Waals surface area contributed by atoms with Gasteiger partial charge in [0, 0.05) is 29.4 Å². The molecule has 4 heterocycles. The fourth-order valence-electron chi connectivity index (χ4n) is 7.59. The number of rotatable bonds is 12. The fraction of sp³-hybridized carbons (Fsp3) is 0.455. The zero-order chi connectivity index (χ0) is 42.6. The number of fused-ring (bicyclic) bond motifs is 7. The number of likely N-dealkylation sites (tertiary alicyclic amines) is 1. The maximum absolute atomic E-state index is 13.5. The molecule has 59 heavy (non-hydrogen) atoms. The molecule has 0 aliphatic carbocycles. The van der Waals surface area contributed by atoms with Crippen LogP contribution in [0.25, 0.3) is 44.2 Å². The summed E-state index contributed by atoms with van der Waals surface area (Å²) >= 11 is 0. The van der Waals surface area contributed by atoms with Crippen LogP contribution in [0.5, 0.6) is 5.75 Å². The van der Waals surface area contributed by atoms with Gasteiger partial charge in [0.05, 0.1) is 55.8 Å². The van der Waals surface area contributed by atoms with E-state index in [4.69, 9.17) is 14.5 Å².